The van der Waals surface area contributed by atoms with Gasteiger partial charge in [-0.1, -0.05) is 12.2 Å². The highest BCUT2D eigenvalue weighted by molar-refractivity contribution is 5.88. The largest absolute Gasteiger partial charge is 0.482 e. The molecular formula is C28H34N2O6. The van der Waals surface area contributed by atoms with Crippen molar-refractivity contribution in [3.05, 3.63) is 75.3 Å². The molecule has 4 N–H and O–H groups in total. The van der Waals surface area contributed by atoms with E-state index in [0.29, 0.717) is 48.2 Å². The number of fused-ring (bicyclic) bond motifs is 2. The lowest BCUT2D eigenvalue weighted by Crippen LogP contribution is -2.56. The molecule has 1 aromatic heterocycles. The first-order valence-electron chi connectivity index (χ1n) is 12.2. The molecule has 8 heteroatoms. The van der Waals surface area contributed by atoms with Gasteiger partial charge in [-0.05, 0) is 69.9 Å². The second-order valence-corrected chi connectivity index (χ2v) is 9.98. The predicted octanol–water partition coefficient (Wildman–Crippen LogP) is 3.40. The van der Waals surface area contributed by atoms with E-state index >= 15 is 0 Å². The molecule has 3 heterocycles. The summed E-state index contributed by atoms with van der Waals surface area (Å²) in [6.45, 7) is 7.23. The van der Waals surface area contributed by atoms with Gasteiger partial charge in [0.1, 0.15) is 16.9 Å². The second kappa shape index (κ2) is 9.95. The van der Waals surface area contributed by atoms with Gasteiger partial charge in [-0.2, -0.15) is 0 Å². The first-order chi connectivity index (χ1) is 17.1. The smallest absolute Gasteiger partial charge is 0.339 e. The van der Waals surface area contributed by atoms with Crippen molar-refractivity contribution in [2.75, 3.05) is 6.61 Å². The lowest BCUT2D eigenvalue weighted by molar-refractivity contribution is -0.174. The van der Waals surface area contributed by atoms with Crippen molar-refractivity contribution in [1.29, 1.82) is 0 Å². The number of ether oxygens (including phenoxy) is 2. The number of carbonyl (C=O) groups is 1. The van der Waals surface area contributed by atoms with Gasteiger partial charge in [0.2, 0.25) is 0 Å². The minimum absolute atomic E-state index is 0.00256. The van der Waals surface area contributed by atoms with Gasteiger partial charge in [0.15, 0.2) is 5.60 Å². The number of hydrogen-bond donors (Lipinski definition) is 3. The molecule has 2 aliphatic rings. The average Bonchev–Trinajstić information content (AvgIpc) is 3.20. The third kappa shape index (κ3) is 4.96. The third-order valence-corrected chi connectivity index (χ3v) is 7.04. The van der Waals surface area contributed by atoms with E-state index in [1.54, 1.807) is 26.0 Å². The molecule has 1 aromatic carbocycles. The summed E-state index contributed by atoms with van der Waals surface area (Å²) in [5.41, 5.74) is 6.92. The topological polar surface area (TPSA) is 124 Å². The number of aliphatic hydroxyl groups excluding tert-OH is 1. The molecule has 0 fully saturated rings. The number of aliphatic hydroxyl groups is 1. The number of carbonyl (C=O) groups excluding carboxylic acids is 1. The van der Waals surface area contributed by atoms with E-state index in [-0.39, 0.29) is 12.8 Å². The van der Waals surface area contributed by atoms with Crippen LogP contribution in [0.3, 0.4) is 0 Å². The highest BCUT2D eigenvalue weighted by atomic mass is 16.6. The number of allylic oxidation sites excluding steroid dienone is 2. The van der Waals surface area contributed by atoms with Crippen molar-refractivity contribution >= 4 is 16.9 Å². The Balaban J connectivity index is 1.74. The number of esters is 1. The number of nitrogens with two attached hydrogens (primary N) is 1. The molecule has 0 saturated carbocycles. The molecule has 8 nitrogen and oxygen atoms in total. The molecule has 0 amide bonds. The molecule has 2 aromatic rings. The number of nitrogens with one attached hydrogen (secondary N) is 1. The monoisotopic (exact) mass is 494 g/mol. The van der Waals surface area contributed by atoms with Crippen LogP contribution < -0.4 is 21.4 Å². The predicted molar refractivity (Wildman–Crippen MR) is 138 cm³/mol. The van der Waals surface area contributed by atoms with Crippen LogP contribution in [0.5, 0.6) is 5.75 Å². The summed E-state index contributed by atoms with van der Waals surface area (Å²) in [7, 11) is 0. The minimum atomic E-state index is -1.01. The lowest BCUT2D eigenvalue weighted by Gasteiger charge is -2.43. The van der Waals surface area contributed by atoms with E-state index in [9.17, 15) is 9.59 Å². The highest BCUT2D eigenvalue weighted by Gasteiger charge is 2.54. The van der Waals surface area contributed by atoms with Crippen LogP contribution in [0.25, 0.3) is 11.0 Å². The van der Waals surface area contributed by atoms with Crippen LogP contribution in [0.2, 0.25) is 0 Å². The van der Waals surface area contributed by atoms with E-state index in [1.807, 2.05) is 44.3 Å². The van der Waals surface area contributed by atoms with Crippen LogP contribution >= 0.6 is 0 Å². The van der Waals surface area contributed by atoms with Gasteiger partial charge in [0, 0.05) is 48.2 Å². The zero-order valence-corrected chi connectivity index (χ0v) is 21.2. The summed E-state index contributed by atoms with van der Waals surface area (Å²) < 4.78 is 18.2. The second-order valence-electron chi connectivity index (χ2n) is 9.98. The van der Waals surface area contributed by atoms with E-state index in [1.165, 1.54) is 0 Å². The van der Waals surface area contributed by atoms with Crippen molar-refractivity contribution < 1.29 is 23.8 Å². The summed E-state index contributed by atoms with van der Waals surface area (Å²) in [4.78, 5) is 25.2. The van der Waals surface area contributed by atoms with Crippen LogP contribution in [0.4, 0.5) is 0 Å². The fourth-order valence-corrected chi connectivity index (χ4v) is 4.61. The molecule has 192 valence electrons. The van der Waals surface area contributed by atoms with Gasteiger partial charge in [-0.15, -0.1) is 0 Å². The lowest BCUT2D eigenvalue weighted by atomic mass is 9.77. The number of aryl methyl sites for hydroxylation is 1. The van der Waals surface area contributed by atoms with Gasteiger partial charge < -0.3 is 30.0 Å². The molecular weight excluding hydrogens is 460 g/mol. The van der Waals surface area contributed by atoms with Gasteiger partial charge in [0.05, 0.1) is 6.17 Å². The Hall–Kier alpha value is -3.36. The fourth-order valence-electron chi connectivity index (χ4n) is 4.61. The summed E-state index contributed by atoms with van der Waals surface area (Å²) >= 11 is 0. The molecule has 0 spiro atoms. The minimum Gasteiger partial charge on any atom is -0.482 e. The van der Waals surface area contributed by atoms with Gasteiger partial charge in [0.25, 0.3) is 0 Å². The van der Waals surface area contributed by atoms with Crippen molar-refractivity contribution in [1.82, 2.24) is 5.32 Å². The normalized spacial score (nSPS) is 21.6. The number of hydrogen-bond acceptors (Lipinski definition) is 8. The zero-order valence-electron chi connectivity index (χ0n) is 21.2. The van der Waals surface area contributed by atoms with Crippen LogP contribution in [0.1, 0.15) is 51.7 Å². The zero-order chi connectivity index (χ0) is 26.1. The van der Waals surface area contributed by atoms with E-state index in [2.05, 4.69) is 5.32 Å². The molecule has 0 aliphatic carbocycles. The van der Waals surface area contributed by atoms with Crippen LogP contribution in [-0.4, -0.2) is 35.1 Å². The van der Waals surface area contributed by atoms with Gasteiger partial charge in [-0.25, -0.2) is 9.59 Å². The standard InChI is InChI=1S/C28H34N2O6/c1-5-17(2)25(32)36-27(3,4)28(14-18-8-9-24(29)30-16-18)15-21-12-20-11-19(7-6-10-31)26(33)34-22(20)13-23(21)35-28/h5,8-9,11-13,16,24,30-31H,6-7,10,14-15,29H2,1-4H3. The third-order valence-electron chi connectivity index (χ3n) is 7.04. The van der Waals surface area contributed by atoms with Crippen molar-refractivity contribution in [3.8, 4) is 5.75 Å². The maximum atomic E-state index is 12.8. The molecule has 2 aliphatic heterocycles. The Kier molecular flexibility index (Phi) is 7.11. The van der Waals surface area contributed by atoms with E-state index < -0.39 is 22.8 Å². The van der Waals surface area contributed by atoms with E-state index in [0.717, 1.165) is 16.5 Å². The Morgan fingerprint density at radius 3 is 2.81 bits per heavy atom. The first-order valence-corrected chi connectivity index (χ1v) is 12.2. The Labute approximate surface area is 210 Å². The quantitative estimate of drug-likeness (QED) is 0.290. The average molecular weight is 495 g/mol. The van der Waals surface area contributed by atoms with Crippen LogP contribution in [0.15, 0.2) is 63.0 Å². The maximum Gasteiger partial charge on any atom is 0.339 e. The SMILES string of the molecule is CC=C(C)C(=O)OC(C)(C)C1(CC2=CNC(N)C=C2)Cc2cc3cc(CCCO)c(=O)oc3cc2O1. The Morgan fingerprint density at radius 2 is 2.14 bits per heavy atom. The van der Waals surface area contributed by atoms with Gasteiger partial charge in [-0.3, -0.25) is 0 Å². The molecule has 0 radical (unpaired) electrons. The number of benzene rings is 1. The molecule has 0 bridgehead atoms. The molecule has 0 saturated heterocycles. The Morgan fingerprint density at radius 1 is 1.36 bits per heavy atom. The Bertz CT molecular complexity index is 1320. The van der Waals surface area contributed by atoms with Crippen LogP contribution in [0, 0.1) is 0 Å². The van der Waals surface area contributed by atoms with Crippen molar-refractivity contribution in [2.45, 2.75) is 70.7 Å². The molecule has 4 rings (SSSR count). The number of dihydropyridines is 1. The van der Waals surface area contributed by atoms with Gasteiger partial charge >= 0.3 is 11.6 Å². The first kappa shape index (κ1) is 25.7. The van der Waals surface area contributed by atoms with Crippen molar-refractivity contribution in [2.24, 2.45) is 5.73 Å². The van der Waals surface area contributed by atoms with Crippen molar-refractivity contribution in [3.63, 3.8) is 0 Å². The summed E-state index contributed by atoms with van der Waals surface area (Å²) in [6.07, 6.45) is 8.99. The molecule has 2 unspecified atom stereocenters. The molecule has 2 atom stereocenters. The molecule has 36 heavy (non-hydrogen) atoms. The summed E-state index contributed by atoms with van der Waals surface area (Å²) in [6, 6.07) is 5.51. The fraction of sp³-hybridized carbons (Fsp3) is 0.429. The summed E-state index contributed by atoms with van der Waals surface area (Å²) in [5, 5.41) is 13.0. The highest BCUT2D eigenvalue weighted by Crippen LogP contribution is 2.47. The number of rotatable bonds is 8. The summed E-state index contributed by atoms with van der Waals surface area (Å²) in [5.74, 6) is 0.185. The maximum absolute atomic E-state index is 12.8. The van der Waals surface area contributed by atoms with E-state index in [4.69, 9.17) is 24.7 Å². The van der Waals surface area contributed by atoms with Crippen LogP contribution in [-0.2, 0) is 22.4 Å².